The Morgan fingerprint density at radius 1 is 0.964 bits per heavy atom. The van der Waals surface area contributed by atoms with Crippen LogP contribution in [0, 0.1) is 0 Å². The van der Waals surface area contributed by atoms with E-state index in [9.17, 15) is 4.79 Å². The number of hydrogen-bond acceptors (Lipinski definition) is 3. The van der Waals surface area contributed by atoms with Crippen molar-refractivity contribution >= 4 is 17.7 Å². The van der Waals surface area contributed by atoms with Crippen LogP contribution >= 0.6 is 11.8 Å². The van der Waals surface area contributed by atoms with Crippen molar-refractivity contribution in [1.29, 1.82) is 0 Å². The van der Waals surface area contributed by atoms with Crippen molar-refractivity contribution in [3.05, 3.63) is 29.3 Å². The van der Waals surface area contributed by atoms with Crippen molar-refractivity contribution in [3.63, 3.8) is 0 Å². The number of benzene rings is 1. The van der Waals surface area contributed by atoms with Crippen LogP contribution in [0.1, 0.15) is 91.2 Å². The number of thioether (sulfide) groups is 1. The lowest BCUT2D eigenvalue weighted by molar-refractivity contribution is -0.144. The SMILES string of the molecule is CC(C)(C)c1cc(S[C@@H]2CCCCCC[C@H]2OCC(=O)O)cc(C(C)(C)C)c1. The van der Waals surface area contributed by atoms with Gasteiger partial charge in [-0.15, -0.1) is 11.8 Å². The molecule has 0 saturated heterocycles. The van der Waals surface area contributed by atoms with Crippen molar-refractivity contribution in [3.8, 4) is 0 Å². The second kappa shape index (κ2) is 9.67. The first-order chi connectivity index (χ1) is 13.0. The van der Waals surface area contributed by atoms with E-state index in [-0.39, 0.29) is 23.5 Å². The van der Waals surface area contributed by atoms with Gasteiger partial charge in [-0.3, -0.25) is 0 Å². The van der Waals surface area contributed by atoms with Crippen LogP contribution in [0.3, 0.4) is 0 Å². The molecule has 1 aromatic rings. The Bertz CT molecular complexity index is 623. The Hall–Kier alpha value is -1.00. The van der Waals surface area contributed by atoms with Gasteiger partial charge < -0.3 is 9.84 Å². The summed E-state index contributed by atoms with van der Waals surface area (Å²) in [4.78, 5) is 12.3. The van der Waals surface area contributed by atoms with Gasteiger partial charge in [0.15, 0.2) is 0 Å². The molecular weight excluding hydrogens is 368 g/mol. The Morgan fingerprint density at radius 3 is 2.00 bits per heavy atom. The van der Waals surface area contributed by atoms with Gasteiger partial charge in [-0.1, -0.05) is 73.3 Å². The molecule has 1 saturated carbocycles. The van der Waals surface area contributed by atoms with Gasteiger partial charge in [0.25, 0.3) is 0 Å². The van der Waals surface area contributed by atoms with Gasteiger partial charge in [0.1, 0.15) is 6.61 Å². The second-order valence-corrected chi connectivity index (χ2v) is 11.4. The standard InChI is InChI=1S/C24H38O3S/c1-23(2,3)17-13-18(24(4,5)6)15-19(14-17)28-21-12-10-8-7-9-11-20(21)27-16-22(25)26/h13-15,20-21H,7-12,16H2,1-6H3,(H,25,26)/t20-,21-/m1/s1. The number of hydrogen-bond donors (Lipinski definition) is 1. The molecule has 158 valence electrons. The third-order valence-corrected chi connectivity index (χ3v) is 6.84. The van der Waals surface area contributed by atoms with Crippen molar-refractivity contribution in [2.24, 2.45) is 0 Å². The third-order valence-electron chi connectivity index (χ3n) is 5.49. The molecular formula is C24H38O3S. The fourth-order valence-electron chi connectivity index (χ4n) is 3.63. The van der Waals surface area contributed by atoms with Crippen LogP contribution in [0.4, 0.5) is 0 Å². The first-order valence-electron chi connectivity index (χ1n) is 10.6. The maximum Gasteiger partial charge on any atom is 0.329 e. The zero-order chi connectivity index (χ0) is 20.9. The molecule has 4 heteroatoms. The summed E-state index contributed by atoms with van der Waals surface area (Å²) >= 11 is 1.89. The molecule has 28 heavy (non-hydrogen) atoms. The summed E-state index contributed by atoms with van der Waals surface area (Å²) in [7, 11) is 0. The molecule has 1 aliphatic carbocycles. The summed E-state index contributed by atoms with van der Waals surface area (Å²) in [6, 6.07) is 7.00. The van der Waals surface area contributed by atoms with Crippen LogP contribution in [0.5, 0.6) is 0 Å². The Balaban J connectivity index is 2.31. The van der Waals surface area contributed by atoms with Gasteiger partial charge in [0.05, 0.1) is 6.10 Å². The van der Waals surface area contributed by atoms with Crippen LogP contribution in [0.2, 0.25) is 0 Å². The summed E-state index contributed by atoms with van der Waals surface area (Å²) in [6.45, 7) is 13.4. The normalized spacial score (nSPS) is 21.8. The molecule has 0 unspecified atom stereocenters. The molecule has 1 aromatic carbocycles. The lowest BCUT2D eigenvalue weighted by Gasteiger charge is -2.30. The summed E-state index contributed by atoms with van der Waals surface area (Å²) in [6.07, 6.45) is 6.84. The van der Waals surface area contributed by atoms with E-state index in [2.05, 4.69) is 59.7 Å². The van der Waals surface area contributed by atoms with Crippen molar-refractivity contribution in [2.75, 3.05) is 6.61 Å². The zero-order valence-corrected chi connectivity index (χ0v) is 19.3. The summed E-state index contributed by atoms with van der Waals surface area (Å²) < 4.78 is 5.84. The minimum absolute atomic E-state index is 0.0118. The predicted octanol–water partition coefficient (Wildman–Crippen LogP) is 6.57. The maximum absolute atomic E-state index is 11.0. The predicted molar refractivity (Wildman–Crippen MR) is 119 cm³/mol. The largest absolute Gasteiger partial charge is 0.480 e. The van der Waals surface area contributed by atoms with Gasteiger partial charge in [-0.05, 0) is 46.9 Å². The third kappa shape index (κ3) is 7.11. The summed E-state index contributed by atoms with van der Waals surface area (Å²) in [5.41, 5.74) is 2.90. The first-order valence-corrected chi connectivity index (χ1v) is 11.5. The first kappa shape index (κ1) is 23.3. The smallest absolute Gasteiger partial charge is 0.329 e. The van der Waals surface area contributed by atoms with Crippen LogP contribution < -0.4 is 0 Å². The summed E-state index contributed by atoms with van der Waals surface area (Å²) in [5, 5.41) is 9.37. The number of aliphatic carboxylic acids is 1. The zero-order valence-electron chi connectivity index (χ0n) is 18.5. The highest BCUT2D eigenvalue weighted by molar-refractivity contribution is 8.00. The highest BCUT2D eigenvalue weighted by atomic mass is 32.2. The van der Waals surface area contributed by atoms with E-state index in [4.69, 9.17) is 9.84 Å². The van der Waals surface area contributed by atoms with E-state index in [0.29, 0.717) is 5.25 Å². The van der Waals surface area contributed by atoms with Crippen molar-refractivity contribution in [2.45, 2.75) is 107 Å². The van der Waals surface area contributed by atoms with Crippen LogP contribution in [-0.4, -0.2) is 29.0 Å². The number of carboxylic acids is 1. The van der Waals surface area contributed by atoms with Gasteiger partial charge in [0.2, 0.25) is 0 Å². The minimum Gasteiger partial charge on any atom is -0.480 e. The van der Waals surface area contributed by atoms with Crippen LogP contribution in [-0.2, 0) is 20.4 Å². The fraction of sp³-hybridized carbons (Fsp3) is 0.708. The highest BCUT2D eigenvalue weighted by Gasteiger charge is 2.27. The molecule has 2 rings (SSSR count). The molecule has 0 aliphatic heterocycles. The average molecular weight is 407 g/mol. The topological polar surface area (TPSA) is 46.5 Å². The summed E-state index contributed by atoms with van der Waals surface area (Å²) in [5.74, 6) is -0.879. The molecule has 0 heterocycles. The highest BCUT2D eigenvalue weighted by Crippen LogP contribution is 2.38. The minimum atomic E-state index is -0.879. The van der Waals surface area contributed by atoms with Crippen molar-refractivity contribution in [1.82, 2.24) is 0 Å². The van der Waals surface area contributed by atoms with Gasteiger partial charge in [0, 0.05) is 10.1 Å². The maximum atomic E-state index is 11.0. The van der Waals surface area contributed by atoms with E-state index in [1.165, 1.54) is 35.3 Å². The molecule has 0 aromatic heterocycles. The number of ether oxygens (including phenoxy) is 1. The Morgan fingerprint density at radius 2 is 1.50 bits per heavy atom. The fourth-order valence-corrected chi connectivity index (χ4v) is 5.02. The molecule has 0 amide bonds. The van der Waals surface area contributed by atoms with Crippen molar-refractivity contribution < 1.29 is 14.6 Å². The molecule has 0 radical (unpaired) electrons. The Kier molecular flexibility index (Phi) is 8.04. The monoisotopic (exact) mass is 406 g/mol. The number of rotatable bonds is 5. The quantitative estimate of drug-likeness (QED) is 0.601. The van der Waals surface area contributed by atoms with Gasteiger partial charge in [-0.2, -0.15) is 0 Å². The number of carbonyl (C=O) groups is 1. The van der Waals surface area contributed by atoms with E-state index in [0.717, 1.165) is 19.3 Å². The van der Waals surface area contributed by atoms with Gasteiger partial charge in [-0.25, -0.2) is 4.79 Å². The van der Waals surface area contributed by atoms with E-state index >= 15 is 0 Å². The number of carboxylic acid groups (broad SMARTS) is 1. The second-order valence-electron chi connectivity index (χ2n) is 10.1. The van der Waals surface area contributed by atoms with E-state index in [1.807, 2.05) is 11.8 Å². The van der Waals surface area contributed by atoms with E-state index in [1.54, 1.807) is 0 Å². The lowest BCUT2D eigenvalue weighted by atomic mass is 9.81. The van der Waals surface area contributed by atoms with Gasteiger partial charge >= 0.3 is 5.97 Å². The van der Waals surface area contributed by atoms with E-state index < -0.39 is 5.97 Å². The molecule has 0 bridgehead atoms. The van der Waals surface area contributed by atoms with Crippen LogP contribution in [0.15, 0.2) is 23.1 Å². The molecule has 1 aliphatic rings. The molecule has 1 N–H and O–H groups in total. The lowest BCUT2D eigenvalue weighted by Crippen LogP contribution is -2.30. The Labute approximate surface area is 175 Å². The van der Waals surface area contributed by atoms with Crippen LogP contribution in [0.25, 0.3) is 0 Å². The molecule has 0 spiro atoms. The molecule has 2 atom stereocenters. The molecule has 3 nitrogen and oxygen atoms in total. The molecule has 1 fully saturated rings. The average Bonchev–Trinajstić information content (AvgIpc) is 2.55.